The van der Waals surface area contributed by atoms with E-state index in [-0.39, 0.29) is 31.8 Å². The highest BCUT2D eigenvalue weighted by Crippen LogP contribution is 2.26. The Hall–Kier alpha value is -2.67. The molecule has 0 aliphatic carbocycles. The van der Waals surface area contributed by atoms with E-state index in [0.29, 0.717) is 0 Å². The molecule has 148 valence electrons. The molecule has 0 fully saturated rings. The zero-order valence-corrected chi connectivity index (χ0v) is 17.3. The van der Waals surface area contributed by atoms with Gasteiger partial charge in [0.15, 0.2) is 15.6 Å². The number of amides is 1. The molecular weight excluding hydrogens is 433 g/mol. The molecule has 0 radical (unpaired) electrons. The van der Waals surface area contributed by atoms with Gasteiger partial charge in [0.25, 0.3) is 0 Å². The lowest BCUT2D eigenvalue weighted by molar-refractivity contribution is -0.113. The Kier molecular flexibility index (Phi) is 6.37. The van der Waals surface area contributed by atoms with Gasteiger partial charge < -0.3 is 5.32 Å². The van der Waals surface area contributed by atoms with E-state index in [1.807, 2.05) is 0 Å². The maximum Gasteiger partial charge on any atom is 0.239 e. The van der Waals surface area contributed by atoms with E-state index in [4.69, 9.17) is 23.2 Å². The highest BCUT2D eigenvalue weighted by atomic mass is 35.5. The summed E-state index contributed by atoms with van der Waals surface area (Å²) in [6.07, 6.45) is 0. The molecule has 0 heterocycles. The zero-order valence-electron chi connectivity index (χ0n) is 14.9. The Morgan fingerprint density at radius 3 is 2.17 bits per heavy atom. The van der Waals surface area contributed by atoms with E-state index in [2.05, 4.69) is 5.32 Å². The van der Waals surface area contributed by atoms with Gasteiger partial charge in [-0.25, -0.2) is 8.42 Å². The first-order chi connectivity index (χ1) is 13.8. The summed E-state index contributed by atoms with van der Waals surface area (Å²) >= 11 is 12.1. The number of sulfone groups is 1. The van der Waals surface area contributed by atoms with Gasteiger partial charge in [0.2, 0.25) is 5.91 Å². The Labute approximate surface area is 178 Å². The highest BCUT2D eigenvalue weighted by Gasteiger charge is 2.22. The fourth-order valence-electron chi connectivity index (χ4n) is 2.67. The van der Waals surface area contributed by atoms with Gasteiger partial charge in [0.1, 0.15) is 5.75 Å². The second-order valence-corrected chi connectivity index (χ2v) is 8.95. The monoisotopic (exact) mass is 447 g/mol. The SMILES string of the molecule is O=C(CS(=O)(=O)c1ccccc1)Nc1ccc(Cl)cc1C(=O)c1ccccc1Cl. The molecule has 0 aliphatic rings. The van der Waals surface area contributed by atoms with Crippen molar-refractivity contribution >= 4 is 50.4 Å². The van der Waals surface area contributed by atoms with Gasteiger partial charge in [0, 0.05) is 16.1 Å². The molecule has 0 atom stereocenters. The number of carbonyl (C=O) groups excluding carboxylic acids is 2. The van der Waals surface area contributed by atoms with Crippen LogP contribution >= 0.6 is 23.2 Å². The molecule has 29 heavy (non-hydrogen) atoms. The molecule has 3 rings (SSSR count). The molecule has 0 saturated heterocycles. The lowest BCUT2D eigenvalue weighted by atomic mass is 10.0. The van der Waals surface area contributed by atoms with E-state index in [1.165, 1.54) is 30.3 Å². The number of anilines is 1. The number of benzene rings is 3. The molecule has 0 aromatic heterocycles. The van der Waals surface area contributed by atoms with Gasteiger partial charge in [-0.1, -0.05) is 53.5 Å². The lowest BCUT2D eigenvalue weighted by Gasteiger charge is -2.12. The van der Waals surface area contributed by atoms with Crippen LogP contribution < -0.4 is 5.32 Å². The van der Waals surface area contributed by atoms with Crippen molar-refractivity contribution in [2.45, 2.75) is 4.90 Å². The van der Waals surface area contributed by atoms with Gasteiger partial charge in [-0.15, -0.1) is 0 Å². The van der Waals surface area contributed by atoms with Crippen molar-refractivity contribution in [3.8, 4) is 0 Å². The van der Waals surface area contributed by atoms with Crippen LogP contribution in [0.5, 0.6) is 0 Å². The minimum absolute atomic E-state index is 0.0404. The van der Waals surface area contributed by atoms with E-state index in [0.717, 1.165) is 0 Å². The topological polar surface area (TPSA) is 80.3 Å². The minimum atomic E-state index is -3.82. The molecule has 0 unspecified atom stereocenters. The number of halogens is 2. The number of hydrogen-bond donors (Lipinski definition) is 1. The molecule has 0 aliphatic heterocycles. The first-order valence-electron chi connectivity index (χ1n) is 8.44. The molecule has 5 nitrogen and oxygen atoms in total. The second kappa shape index (κ2) is 8.78. The summed E-state index contributed by atoms with van der Waals surface area (Å²) in [4.78, 5) is 25.4. The van der Waals surface area contributed by atoms with Crippen molar-refractivity contribution in [3.63, 3.8) is 0 Å². The van der Waals surface area contributed by atoms with Crippen LogP contribution in [0.1, 0.15) is 15.9 Å². The van der Waals surface area contributed by atoms with Crippen LogP contribution in [0.4, 0.5) is 5.69 Å². The van der Waals surface area contributed by atoms with Crippen molar-refractivity contribution in [1.29, 1.82) is 0 Å². The van der Waals surface area contributed by atoms with E-state index in [9.17, 15) is 18.0 Å². The number of hydrogen-bond acceptors (Lipinski definition) is 4. The maximum absolute atomic E-state index is 12.9. The van der Waals surface area contributed by atoms with E-state index >= 15 is 0 Å². The van der Waals surface area contributed by atoms with Crippen LogP contribution in [0, 0.1) is 0 Å². The highest BCUT2D eigenvalue weighted by molar-refractivity contribution is 7.92. The number of nitrogens with one attached hydrogen (secondary N) is 1. The fraction of sp³-hybridized carbons (Fsp3) is 0.0476. The molecule has 3 aromatic carbocycles. The summed E-state index contributed by atoms with van der Waals surface area (Å²) in [5.41, 5.74) is 0.493. The van der Waals surface area contributed by atoms with Crippen LogP contribution in [0.3, 0.4) is 0 Å². The third-order valence-electron chi connectivity index (χ3n) is 4.04. The summed E-state index contributed by atoms with van der Waals surface area (Å²) in [7, 11) is -3.82. The molecule has 1 amide bonds. The first kappa shape index (κ1) is 21.0. The molecule has 1 N–H and O–H groups in total. The Bertz CT molecular complexity index is 1180. The van der Waals surface area contributed by atoms with E-state index in [1.54, 1.807) is 42.5 Å². The number of carbonyl (C=O) groups is 2. The quantitative estimate of drug-likeness (QED) is 0.558. The minimum Gasteiger partial charge on any atom is -0.325 e. The third-order valence-corrected chi connectivity index (χ3v) is 6.24. The average Bonchev–Trinajstić information content (AvgIpc) is 2.69. The van der Waals surface area contributed by atoms with Crippen molar-refractivity contribution in [2.24, 2.45) is 0 Å². The van der Waals surface area contributed by atoms with Gasteiger partial charge in [-0.2, -0.15) is 0 Å². The zero-order chi connectivity index (χ0) is 21.0. The smallest absolute Gasteiger partial charge is 0.239 e. The Morgan fingerprint density at radius 2 is 1.48 bits per heavy atom. The summed E-state index contributed by atoms with van der Waals surface area (Å²) in [5, 5.41) is 3.03. The molecule has 0 saturated carbocycles. The summed E-state index contributed by atoms with van der Waals surface area (Å²) < 4.78 is 24.8. The molecule has 0 bridgehead atoms. The van der Waals surface area contributed by atoms with Crippen molar-refractivity contribution in [3.05, 3.63) is 94.0 Å². The summed E-state index contributed by atoms with van der Waals surface area (Å²) in [6.45, 7) is 0. The molecule has 3 aromatic rings. The molecular formula is C21H15Cl2NO4S. The Morgan fingerprint density at radius 1 is 0.828 bits per heavy atom. The summed E-state index contributed by atoms with van der Waals surface area (Å²) in [5.74, 6) is -1.98. The predicted molar refractivity (Wildman–Crippen MR) is 113 cm³/mol. The van der Waals surface area contributed by atoms with Crippen LogP contribution in [0.25, 0.3) is 0 Å². The van der Waals surface area contributed by atoms with Crippen LogP contribution in [-0.2, 0) is 14.6 Å². The normalized spacial score (nSPS) is 11.1. The largest absolute Gasteiger partial charge is 0.325 e. The van der Waals surface area contributed by atoms with Crippen molar-refractivity contribution < 1.29 is 18.0 Å². The van der Waals surface area contributed by atoms with Crippen molar-refractivity contribution in [1.82, 2.24) is 0 Å². The second-order valence-electron chi connectivity index (χ2n) is 6.12. The van der Waals surface area contributed by atoms with E-state index < -0.39 is 27.3 Å². The summed E-state index contributed by atoms with van der Waals surface area (Å²) in [6, 6.07) is 18.5. The first-order valence-corrected chi connectivity index (χ1v) is 10.9. The van der Waals surface area contributed by atoms with Gasteiger partial charge in [-0.05, 0) is 42.5 Å². The third kappa shape index (κ3) is 5.03. The van der Waals surface area contributed by atoms with Crippen LogP contribution in [-0.4, -0.2) is 25.9 Å². The predicted octanol–water partition coefficient (Wildman–Crippen LogP) is 4.64. The van der Waals surface area contributed by atoms with Gasteiger partial charge in [0.05, 0.1) is 15.6 Å². The average molecular weight is 448 g/mol. The van der Waals surface area contributed by atoms with Gasteiger partial charge >= 0.3 is 0 Å². The van der Waals surface area contributed by atoms with Crippen LogP contribution in [0.2, 0.25) is 10.0 Å². The standard InChI is InChI=1S/C21H15Cl2NO4S/c22-14-10-11-19(17(12-14)21(26)16-8-4-5-9-18(16)23)24-20(25)13-29(27,28)15-6-2-1-3-7-15/h1-12H,13H2,(H,24,25). The molecule has 0 spiro atoms. The maximum atomic E-state index is 12.9. The van der Waals surface area contributed by atoms with Crippen molar-refractivity contribution in [2.75, 3.05) is 11.1 Å². The fourth-order valence-corrected chi connectivity index (χ4v) is 4.22. The number of rotatable bonds is 6. The Balaban J connectivity index is 1.87. The van der Waals surface area contributed by atoms with Gasteiger partial charge in [-0.3, -0.25) is 9.59 Å². The number of ketones is 1. The lowest BCUT2D eigenvalue weighted by Crippen LogP contribution is -2.24. The molecule has 8 heteroatoms. The van der Waals surface area contributed by atoms with Crippen LogP contribution in [0.15, 0.2) is 77.7 Å².